The Morgan fingerprint density at radius 1 is 0.923 bits per heavy atom. The number of methoxy groups -OCH3 is 1. The third-order valence-electron chi connectivity index (χ3n) is 6.71. The number of ether oxygens (including phenoxy) is 2. The number of nitrogens with zero attached hydrogens (tertiary/aromatic N) is 1. The van der Waals surface area contributed by atoms with E-state index in [-0.39, 0.29) is 31.8 Å². The van der Waals surface area contributed by atoms with Crippen molar-refractivity contribution in [3.05, 3.63) is 59.7 Å². The van der Waals surface area contributed by atoms with E-state index < -0.39 is 36.0 Å². The van der Waals surface area contributed by atoms with Gasteiger partial charge in [-0.05, 0) is 41.5 Å². The lowest BCUT2D eigenvalue weighted by molar-refractivity contribution is -0.197. The largest absolute Gasteiger partial charge is 0.453 e. The zero-order valence-corrected chi connectivity index (χ0v) is 21.6. The number of alkyl carbamates (subject to hydrolysis) is 2. The molecule has 0 saturated carbocycles. The Balaban J connectivity index is 1.19. The van der Waals surface area contributed by atoms with Gasteiger partial charge < -0.3 is 24.9 Å². The van der Waals surface area contributed by atoms with Crippen molar-refractivity contribution in [2.75, 3.05) is 20.3 Å². The number of hydrogen-bond donors (Lipinski definition) is 2. The Morgan fingerprint density at radius 2 is 1.54 bits per heavy atom. The number of carbonyl (C=O) groups excluding carboxylic acids is 5. The van der Waals surface area contributed by atoms with Gasteiger partial charge in [-0.1, -0.05) is 48.5 Å². The van der Waals surface area contributed by atoms with Gasteiger partial charge in [0.1, 0.15) is 6.61 Å². The molecule has 0 bridgehead atoms. The zero-order valence-electron chi connectivity index (χ0n) is 21.6. The van der Waals surface area contributed by atoms with Crippen molar-refractivity contribution in [1.29, 1.82) is 0 Å². The van der Waals surface area contributed by atoms with E-state index in [1.807, 2.05) is 24.3 Å². The van der Waals surface area contributed by atoms with Crippen molar-refractivity contribution in [1.82, 2.24) is 15.7 Å². The molecule has 1 unspecified atom stereocenters. The van der Waals surface area contributed by atoms with Gasteiger partial charge in [-0.2, -0.15) is 0 Å². The van der Waals surface area contributed by atoms with Gasteiger partial charge in [0.2, 0.25) is 0 Å². The summed E-state index contributed by atoms with van der Waals surface area (Å²) in [5.74, 6) is -2.01. The average molecular weight is 538 g/mol. The van der Waals surface area contributed by atoms with Crippen molar-refractivity contribution in [2.45, 2.75) is 50.5 Å². The van der Waals surface area contributed by atoms with Crippen LogP contribution in [0.15, 0.2) is 48.5 Å². The van der Waals surface area contributed by atoms with Crippen LogP contribution in [0.4, 0.5) is 9.59 Å². The average Bonchev–Trinajstić information content (AvgIpc) is 3.43. The summed E-state index contributed by atoms with van der Waals surface area (Å²) < 4.78 is 10.1. The van der Waals surface area contributed by atoms with Crippen molar-refractivity contribution in [3.63, 3.8) is 0 Å². The number of fused-ring (bicyclic) bond motifs is 3. The molecule has 1 atom stereocenters. The zero-order chi connectivity index (χ0) is 27.8. The summed E-state index contributed by atoms with van der Waals surface area (Å²) >= 11 is 0. The van der Waals surface area contributed by atoms with E-state index in [2.05, 4.69) is 39.6 Å². The van der Waals surface area contributed by atoms with Crippen LogP contribution < -0.4 is 10.6 Å². The quantitative estimate of drug-likeness (QED) is 0.328. The number of carbonyl (C=O) groups is 5. The van der Waals surface area contributed by atoms with Crippen LogP contribution in [0.5, 0.6) is 0 Å². The molecule has 2 aromatic carbocycles. The molecule has 0 radical (unpaired) electrons. The predicted molar refractivity (Wildman–Crippen MR) is 138 cm³/mol. The number of benzene rings is 2. The van der Waals surface area contributed by atoms with Crippen LogP contribution in [0, 0.1) is 0 Å². The number of hydroxylamine groups is 2. The fourth-order valence-electron chi connectivity index (χ4n) is 4.80. The molecular formula is C28H31N3O8. The lowest BCUT2D eigenvalue weighted by Crippen LogP contribution is -2.39. The third-order valence-corrected chi connectivity index (χ3v) is 6.71. The van der Waals surface area contributed by atoms with Gasteiger partial charge in [0.15, 0.2) is 0 Å². The Morgan fingerprint density at radius 3 is 2.15 bits per heavy atom. The molecule has 39 heavy (non-hydrogen) atoms. The van der Waals surface area contributed by atoms with Crippen molar-refractivity contribution in [3.8, 4) is 11.1 Å². The van der Waals surface area contributed by atoms with E-state index in [4.69, 9.17) is 9.57 Å². The van der Waals surface area contributed by atoms with E-state index in [1.54, 1.807) is 0 Å². The SMILES string of the molecule is COC(=O)NC(CCCCNC(=O)OCC1c2ccccc2-c2ccccc21)CC(=O)ON1C(=O)CCC1=O. The van der Waals surface area contributed by atoms with Gasteiger partial charge in [0.05, 0.1) is 13.5 Å². The summed E-state index contributed by atoms with van der Waals surface area (Å²) in [4.78, 5) is 64.5. The fraction of sp³-hybridized carbons (Fsp3) is 0.393. The highest BCUT2D eigenvalue weighted by atomic mass is 16.7. The minimum absolute atomic E-state index is 0.00731. The molecule has 1 fully saturated rings. The van der Waals surface area contributed by atoms with E-state index >= 15 is 0 Å². The molecule has 0 spiro atoms. The molecule has 2 aliphatic rings. The molecule has 11 heteroatoms. The minimum atomic E-state index is -0.822. The molecule has 2 aromatic rings. The number of nitrogens with one attached hydrogen (secondary N) is 2. The first kappa shape index (κ1) is 27.6. The molecule has 0 aromatic heterocycles. The Labute approximate surface area is 225 Å². The first-order valence-electron chi connectivity index (χ1n) is 12.9. The van der Waals surface area contributed by atoms with Crippen LogP contribution in [0.1, 0.15) is 55.6 Å². The lowest BCUT2D eigenvalue weighted by Gasteiger charge is -2.19. The Hall–Kier alpha value is -4.41. The minimum Gasteiger partial charge on any atom is -0.453 e. The smallest absolute Gasteiger partial charge is 0.407 e. The summed E-state index contributed by atoms with van der Waals surface area (Å²) in [5.41, 5.74) is 4.57. The fourth-order valence-corrected chi connectivity index (χ4v) is 4.80. The number of hydrogen-bond acceptors (Lipinski definition) is 8. The monoisotopic (exact) mass is 537 g/mol. The van der Waals surface area contributed by atoms with E-state index in [1.165, 1.54) is 7.11 Å². The van der Waals surface area contributed by atoms with Gasteiger partial charge in [-0.3, -0.25) is 9.59 Å². The van der Waals surface area contributed by atoms with Crippen LogP contribution in [-0.2, 0) is 28.7 Å². The maximum atomic E-state index is 12.3. The molecule has 206 valence electrons. The van der Waals surface area contributed by atoms with Crippen LogP contribution in [0.3, 0.4) is 0 Å². The van der Waals surface area contributed by atoms with E-state index in [0.717, 1.165) is 22.3 Å². The maximum Gasteiger partial charge on any atom is 0.407 e. The van der Waals surface area contributed by atoms with Gasteiger partial charge in [0, 0.05) is 31.3 Å². The first-order valence-corrected chi connectivity index (χ1v) is 12.9. The van der Waals surface area contributed by atoms with E-state index in [9.17, 15) is 24.0 Å². The highest BCUT2D eigenvalue weighted by molar-refractivity contribution is 6.01. The second-order valence-corrected chi connectivity index (χ2v) is 9.33. The molecule has 1 saturated heterocycles. The summed E-state index contributed by atoms with van der Waals surface area (Å²) in [6.07, 6.45) is -0.0408. The van der Waals surface area contributed by atoms with Crippen LogP contribution in [0.2, 0.25) is 0 Å². The van der Waals surface area contributed by atoms with Crippen LogP contribution >= 0.6 is 0 Å². The predicted octanol–water partition coefficient (Wildman–Crippen LogP) is 3.42. The van der Waals surface area contributed by atoms with Crippen molar-refractivity contribution in [2.24, 2.45) is 0 Å². The number of rotatable bonds is 11. The number of unbranched alkanes of at least 4 members (excludes halogenated alkanes) is 1. The standard InChI is InChI=1S/C28H31N3O8/c1-37-28(36)30-18(16-26(34)39-31-24(32)13-14-25(31)33)8-6-7-15-29-27(35)38-17-23-21-11-4-2-9-19(21)20-10-3-5-12-22(20)23/h2-5,9-12,18,23H,6-8,13-17H2,1H3,(H,29,35)(H,30,36). The first-order chi connectivity index (χ1) is 18.9. The van der Waals surface area contributed by atoms with Gasteiger partial charge in [0.25, 0.3) is 11.8 Å². The maximum absolute atomic E-state index is 12.3. The molecule has 1 aliphatic carbocycles. The molecule has 4 amide bonds. The summed E-state index contributed by atoms with van der Waals surface area (Å²) in [6.45, 7) is 0.554. The molecule has 11 nitrogen and oxygen atoms in total. The Kier molecular flexibility index (Phi) is 9.14. The van der Waals surface area contributed by atoms with Crippen molar-refractivity contribution < 1.29 is 38.3 Å². The summed E-state index contributed by atoms with van der Waals surface area (Å²) in [6, 6.07) is 15.5. The second kappa shape index (κ2) is 12.9. The number of amides is 4. The molecule has 4 rings (SSSR count). The third kappa shape index (κ3) is 6.92. The lowest BCUT2D eigenvalue weighted by atomic mass is 9.98. The molecular weight excluding hydrogens is 506 g/mol. The second-order valence-electron chi connectivity index (χ2n) is 9.33. The highest BCUT2D eigenvalue weighted by Gasteiger charge is 2.33. The Bertz CT molecular complexity index is 1190. The van der Waals surface area contributed by atoms with E-state index in [0.29, 0.717) is 30.9 Å². The van der Waals surface area contributed by atoms with Crippen molar-refractivity contribution >= 4 is 30.0 Å². The highest BCUT2D eigenvalue weighted by Crippen LogP contribution is 2.44. The molecule has 2 N–H and O–H groups in total. The molecule has 1 heterocycles. The summed E-state index contributed by atoms with van der Waals surface area (Å²) in [5, 5.41) is 5.75. The summed E-state index contributed by atoms with van der Waals surface area (Å²) in [7, 11) is 1.20. The van der Waals surface area contributed by atoms with Gasteiger partial charge >= 0.3 is 18.2 Å². The van der Waals surface area contributed by atoms with Crippen LogP contribution in [0.25, 0.3) is 11.1 Å². The molecule has 1 aliphatic heterocycles. The normalized spacial score (nSPS) is 14.8. The van der Waals surface area contributed by atoms with Crippen LogP contribution in [-0.4, -0.2) is 61.3 Å². The number of imide groups is 1. The van der Waals surface area contributed by atoms with Gasteiger partial charge in [-0.15, -0.1) is 5.06 Å². The topological polar surface area (TPSA) is 140 Å². The van der Waals surface area contributed by atoms with Gasteiger partial charge in [-0.25, -0.2) is 14.4 Å².